The van der Waals surface area contributed by atoms with Gasteiger partial charge in [-0.15, -0.1) is 0 Å². The molecule has 0 spiro atoms. The second-order valence-electron chi connectivity index (χ2n) is 3.61. The van der Waals surface area contributed by atoms with Crippen LogP contribution in [0.1, 0.15) is 17.4 Å². The molecule has 17 heavy (non-hydrogen) atoms. The summed E-state index contributed by atoms with van der Waals surface area (Å²) in [6, 6.07) is 6.51. The van der Waals surface area contributed by atoms with Gasteiger partial charge in [0.1, 0.15) is 11.9 Å². The Bertz CT molecular complexity index is 525. The number of rotatable bonds is 3. The van der Waals surface area contributed by atoms with Gasteiger partial charge >= 0.3 is 0 Å². The van der Waals surface area contributed by atoms with Gasteiger partial charge in [-0.05, 0) is 41.4 Å². The maximum absolute atomic E-state index is 12.9. The molecular formula is C12H9ClF2O2. The first-order valence-electron chi connectivity index (χ1n) is 4.93. The Balaban J connectivity index is 2.12. The monoisotopic (exact) mass is 258 g/mol. The number of halogens is 3. The van der Waals surface area contributed by atoms with Crippen LogP contribution in [-0.2, 0) is 6.42 Å². The molecule has 5 heteroatoms. The summed E-state index contributed by atoms with van der Waals surface area (Å²) in [6.07, 6.45) is -0.812. The van der Waals surface area contributed by atoms with E-state index >= 15 is 0 Å². The fourth-order valence-corrected chi connectivity index (χ4v) is 1.65. The Labute approximate surface area is 101 Å². The highest BCUT2D eigenvalue weighted by atomic mass is 35.5. The molecular weight excluding hydrogens is 250 g/mol. The van der Waals surface area contributed by atoms with Crippen molar-refractivity contribution in [3.05, 3.63) is 58.5 Å². The molecule has 0 aliphatic rings. The second kappa shape index (κ2) is 4.85. The largest absolute Gasteiger partial charge is 0.447 e. The van der Waals surface area contributed by atoms with Gasteiger partial charge in [-0.3, -0.25) is 0 Å². The number of aliphatic hydroxyl groups excluding tert-OH is 1. The minimum atomic E-state index is -0.938. The summed E-state index contributed by atoms with van der Waals surface area (Å²) in [4.78, 5) is 0. The highest BCUT2D eigenvalue weighted by Gasteiger charge is 2.14. The molecule has 1 atom stereocenters. The van der Waals surface area contributed by atoms with Gasteiger partial charge in [0.05, 0.1) is 0 Å². The summed E-state index contributed by atoms with van der Waals surface area (Å²) in [5.74, 6) is -1.56. The van der Waals surface area contributed by atoms with Crippen LogP contribution in [0.3, 0.4) is 0 Å². The topological polar surface area (TPSA) is 33.4 Å². The summed E-state index contributed by atoms with van der Waals surface area (Å²) in [5, 5.41) is 9.95. The van der Waals surface area contributed by atoms with Crippen LogP contribution in [0.2, 0.25) is 5.22 Å². The second-order valence-corrected chi connectivity index (χ2v) is 3.98. The van der Waals surface area contributed by atoms with Crippen LogP contribution in [0.5, 0.6) is 0 Å². The summed E-state index contributed by atoms with van der Waals surface area (Å²) < 4.78 is 30.6. The maximum atomic E-state index is 12.9. The molecule has 2 aromatic rings. The number of benzene rings is 1. The summed E-state index contributed by atoms with van der Waals surface area (Å²) in [7, 11) is 0. The van der Waals surface area contributed by atoms with Gasteiger partial charge in [-0.2, -0.15) is 0 Å². The average molecular weight is 259 g/mol. The van der Waals surface area contributed by atoms with E-state index in [2.05, 4.69) is 0 Å². The van der Waals surface area contributed by atoms with E-state index in [0.717, 1.165) is 12.1 Å². The molecule has 1 heterocycles. The van der Waals surface area contributed by atoms with Gasteiger partial charge in [0.15, 0.2) is 16.9 Å². The molecule has 2 nitrogen and oxygen atoms in total. The standard InChI is InChI=1S/C12H9ClF2O2/c13-12-4-3-11(17-12)10(16)6-7-1-2-8(14)9(15)5-7/h1-5,10,16H,6H2. The van der Waals surface area contributed by atoms with E-state index in [1.54, 1.807) is 0 Å². The maximum Gasteiger partial charge on any atom is 0.193 e. The molecule has 0 radical (unpaired) electrons. The SMILES string of the molecule is OC(Cc1ccc(F)c(F)c1)c1ccc(Cl)o1. The first-order valence-corrected chi connectivity index (χ1v) is 5.31. The zero-order valence-corrected chi connectivity index (χ0v) is 9.42. The van der Waals surface area contributed by atoms with E-state index < -0.39 is 17.7 Å². The van der Waals surface area contributed by atoms with E-state index in [1.807, 2.05) is 0 Å². The molecule has 90 valence electrons. The highest BCUT2D eigenvalue weighted by molar-refractivity contribution is 6.28. The number of furan rings is 1. The Morgan fingerprint density at radius 3 is 2.53 bits per heavy atom. The Hall–Kier alpha value is -1.39. The molecule has 0 bridgehead atoms. The number of hydrogen-bond acceptors (Lipinski definition) is 2. The van der Waals surface area contributed by atoms with Crippen LogP contribution in [0.25, 0.3) is 0 Å². The Kier molecular flexibility index (Phi) is 3.45. The van der Waals surface area contributed by atoms with Crippen molar-refractivity contribution >= 4 is 11.6 Å². The molecule has 0 fully saturated rings. The number of hydrogen-bond donors (Lipinski definition) is 1. The van der Waals surface area contributed by atoms with Crippen LogP contribution in [0.15, 0.2) is 34.7 Å². The van der Waals surface area contributed by atoms with Crippen LogP contribution in [0.4, 0.5) is 8.78 Å². The first-order chi connectivity index (χ1) is 8.06. The third kappa shape index (κ3) is 2.84. The average Bonchev–Trinajstić information content (AvgIpc) is 2.70. The minimum Gasteiger partial charge on any atom is -0.447 e. The Morgan fingerprint density at radius 1 is 1.18 bits per heavy atom. The molecule has 0 saturated heterocycles. The van der Waals surface area contributed by atoms with Crippen LogP contribution in [-0.4, -0.2) is 5.11 Å². The lowest BCUT2D eigenvalue weighted by Gasteiger charge is -2.07. The molecule has 1 aromatic heterocycles. The van der Waals surface area contributed by atoms with Crippen molar-refractivity contribution in [3.63, 3.8) is 0 Å². The first kappa shape index (κ1) is 12.1. The van der Waals surface area contributed by atoms with Crippen molar-refractivity contribution in [1.82, 2.24) is 0 Å². The van der Waals surface area contributed by atoms with Gasteiger partial charge < -0.3 is 9.52 Å². The minimum absolute atomic E-state index is 0.126. The predicted molar refractivity (Wildman–Crippen MR) is 58.7 cm³/mol. The van der Waals surface area contributed by atoms with Gasteiger partial charge in [0.25, 0.3) is 0 Å². The molecule has 0 saturated carbocycles. The van der Waals surface area contributed by atoms with Crippen LogP contribution >= 0.6 is 11.6 Å². The van der Waals surface area contributed by atoms with Gasteiger partial charge in [0.2, 0.25) is 0 Å². The molecule has 0 amide bonds. The van der Waals surface area contributed by atoms with Crippen molar-refractivity contribution < 1.29 is 18.3 Å². The normalized spacial score (nSPS) is 12.7. The molecule has 2 rings (SSSR count). The zero-order valence-electron chi connectivity index (χ0n) is 8.66. The van der Waals surface area contributed by atoms with Crippen molar-refractivity contribution in [3.8, 4) is 0 Å². The fraction of sp³-hybridized carbons (Fsp3) is 0.167. The van der Waals surface area contributed by atoms with E-state index in [0.29, 0.717) is 11.3 Å². The van der Waals surface area contributed by atoms with Crippen LogP contribution in [0, 0.1) is 11.6 Å². The Morgan fingerprint density at radius 2 is 1.94 bits per heavy atom. The van der Waals surface area contributed by atoms with Crippen molar-refractivity contribution in [2.75, 3.05) is 0 Å². The molecule has 1 unspecified atom stereocenters. The number of aliphatic hydroxyl groups is 1. The fourth-order valence-electron chi connectivity index (χ4n) is 1.50. The lowest BCUT2D eigenvalue weighted by Crippen LogP contribution is -2.01. The molecule has 1 aromatic carbocycles. The summed E-state index contributed by atoms with van der Waals surface area (Å²) in [5.41, 5.74) is 0.476. The van der Waals surface area contributed by atoms with Crippen molar-refractivity contribution in [2.24, 2.45) is 0 Å². The van der Waals surface area contributed by atoms with Gasteiger partial charge in [-0.25, -0.2) is 8.78 Å². The molecule has 0 aliphatic carbocycles. The van der Waals surface area contributed by atoms with E-state index in [9.17, 15) is 13.9 Å². The summed E-state index contributed by atoms with van der Waals surface area (Å²) >= 11 is 5.57. The van der Waals surface area contributed by atoms with E-state index in [-0.39, 0.29) is 11.6 Å². The lowest BCUT2D eigenvalue weighted by molar-refractivity contribution is 0.150. The van der Waals surface area contributed by atoms with Gasteiger partial charge in [0, 0.05) is 6.42 Å². The van der Waals surface area contributed by atoms with Crippen LogP contribution < -0.4 is 0 Å². The smallest absolute Gasteiger partial charge is 0.193 e. The summed E-state index contributed by atoms with van der Waals surface area (Å²) in [6.45, 7) is 0. The lowest BCUT2D eigenvalue weighted by atomic mass is 10.1. The van der Waals surface area contributed by atoms with Gasteiger partial charge in [-0.1, -0.05) is 6.07 Å². The third-order valence-electron chi connectivity index (χ3n) is 2.34. The van der Waals surface area contributed by atoms with E-state index in [1.165, 1.54) is 18.2 Å². The van der Waals surface area contributed by atoms with E-state index in [4.69, 9.17) is 16.0 Å². The third-order valence-corrected chi connectivity index (χ3v) is 2.54. The van der Waals surface area contributed by atoms with Crippen molar-refractivity contribution in [2.45, 2.75) is 12.5 Å². The quantitative estimate of drug-likeness (QED) is 0.914. The predicted octanol–water partition coefficient (Wildman–Crippen LogP) is 3.49. The highest BCUT2D eigenvalue weighted by Crippen LogP contribution is 2.23. The zero-order chi connectivity index (χ0) is 12.4. The molecule has 0 aliphatic heterocycles. The van der Waals surface area contributed by atoms with Crippen molar-refractivity contribution in [1.29, 1.82) is 0 Å². The molecule has 1 N–H and O–H groups in total.